The molecule has 76 valence electrons. The van der Waals surface area contributed by atoms with Gasteiger partial charge in [-0.1, -0.05) is 0 Å². The van der Waals surface area contributed by atoms with Gasteiger partial charge in [0.25, 0.3) is 0 Å². The molecule has 0 bridgehead atoms. The highest BCUT2D eigenvalue weighted by atomic mass is 16.4. The average molecular weight is 195 g/mol. The summed E-state index contributed by atoms with van der Waals surface area (Å²) in [5, 5.41) is 8.69. The Morgan fingerprint density at radius 2 is 2.14 bits per heavy atom. The molecule has 0 amide bonds. The number of aromatic nitrogens is 2. The summed E-state index contributed by atoms with van der Waals surface area (Å²) in [5.74, 6) is -0.601. The average Bonchev–Trinajstić information content (AvgIpc) is 2.20. The summed E-state index contributed by atoms with van der Waals surface area (Å²) in [6, 6.07) is 1.71. The lowest BCUT2D eigenvalue weighted by Crippen LogP contribution is -2.23. The van der Waals surface area contributed by atoms with Crippen LogP contribution in [0.25, 0.3) is 0 Å². The Hall–Kier alpha value is -1.65. The van der Waals surface area contributed by atoms with Crippen molar-refractivity contribution in [2.75, 3.05) is 18.0 Å². The topological polar surface area (TPSA) is 66.3 Å². The van der Waals surface area contributed by atoms with Crippen molar-refractivity contribution in [2.45, 2.75) is 13.8 Å². The molecule has 5 heteroatoms. The van der Waals surface area contributed by atoms with Crippen LogP contribution in [0.15, 0.2) is 12.3 Å². The minimum absolute atomic E-state index is 0.158. The molecule has 0 saturated heterocycles. The van der Waals surface area contributed by atoms with E-state index in [1.54, 1.807) is 6.07 Å². The van der Waals surface area contributed by atoms with Crippen LogP contribution >= 0.6 is 0 Å². The fourth-order valence-electron chi connectivity index (χ4n) is 1.18. The van der Waals surface area contributed by atoms with E-state index in [9.17, 15) is 4.79 Å². The highest BCUT2D eigenvalue weighted by molar-refractivity contribution is 5.83. The standard InChI is InChI=1S/C9H13N3O2/c1-3-12(4-2)7-5-6-10-8(11-7)9(13)14/h5-6H,3-4H2,1-2H3,(H,13,14). The quantitative estimate of drug-likeness (QED) is 0.777. The molecule has 1 aromatic heterocycles. The number of carboxylic acids is 1. The largest absolute Gasteiger partial charge is 0.475 e. The fourth-order valence-corrected chi connectivity index (χ4v) is 1.18. The van der Waals surface area contributed by atoms with Crippen molar-refractivity contribution in [3.05, 3.63) is 18.1 Å². The van der Waals surface area contributed by atoms with E-state index < -0.39 is 5.97 Å². The van der Waals surface area contributed by atoms with E-state index in [1.165, 1.54) is 6.20 Å². The molecule has 0 fully saturated rings. The van der Waals surface area contributed by atoms with Crippen LogP contribution in [0.2, 0.25) is 0 Å². The highest BCUT2D eigenvalue weighted by Crippen LogP contribution is 2.08. The minimum atomic E-state index is -1.10. The molecule has 1 rings (SSSR count). The molecular formula is C9H13N3O2. The molecule has 0 saturated carbocycles. The number of hydrogen-bond donors (Lipinski definition) is 1. The predicted molar refractivity (Wildman–Crippen MR) is 52.6 cm³/mol. The van der Waals surface area contributed by atoms with E-state index in [0.29, 0.717) is 5.82 Å². The molecule has 14 heavy (non-hydrogen) atoms. The van der Waals surface area contributed by atoms with Crippen LogP contribution < -0.4 is 4.90 Å². The summed E-state index contributed by atoms with van der Waals surface area (Å²) in [4.78, 5) is 20.2. The van der Waals surface area contributed by atoms with Gasteiger partial charge in [-0.2, -0.15) is 0 Å². The van der Waals surface area contributed by atoms with Gasteiger partial charge in [0.05, 0.1) is 0 Å². The highest BCUT2D eigenvalue weighted by Gasteiger charge is 2.09. The van der Waals surface area contributed by atoms with E-state index in [2.05, 4.69) is 9.97 Å². The second-order valence-electron chi connectivity index (χ2n) is 2.72. The Labute approximate surface area is 82.4 Å². The van der Waals surface area contributed by atoms with Crippen molar-refractivity contribution in [3.8, 4) is 0 Å². The van der Waals surface area contributed by atoms with Crippen LogP contribution in [-0.2, 0) is 0 Å². The van der Waals surface area contributed by atoms with Crippen LogP contribution in [-0.4, -0.2) is 34.1 Å². The molecule has 1 aromatic rings. The fraction of sp³-hybridized carbons (Fsp3) is 0.444. The van der Waals surface area contributed by atoms with E-state index in [1.807, 2.05) is 18.7 Å². The molecule has 0 aliphatic carbocycles. The van der Waals surface area contributed by atoms with Crippen LogP contribution in [0.1, 0.15) is 24.5 Å². The van der Waals surface area contributed by atoms with Gasteiger partial charge in [-0.25, -0.2) is 14.8 Å². The Bertz CT molecular complexity index is 324. The van der Waals surface area contributed by atoms with Crippen LogP contribution in [0, 0.1) is 0 Å². The second kappa shape index (κ2) is 4.55. The molecule has 0 radical (unpaired) electrons. The van der Waals surface area contributed by atoms with Crippen LogP contribution in [0.5, 0.6) is 0 Å². The van der Waals surface area contributed by atoms with Crippen molar-refractivity contribution < 1.29 is 9.90 Å². The van der Waals surface area contributed by atoms with Crippen molar-refractivity contribution >= 4 is 11.8 Å². The Morgan fingerprint density at radius 1 is 1.50 bits per heavy atom. The first-order valence-electron chi connectivity index (χ1n) is 4.50. The van der Waals surface area contributed by atoms with Gasteiger partial charge in [-0.3, -0.25) is 0 Å². The van der Waals surface area contributed by atoms with E-state index in [-0.39, 0.29) is 5.82 Å². The monoisotopic (exact) mass is 195 g/mol. The van der Waals surface area contributed by atoms with Gasteiger partial charge in [0.2, 0.25) is 5.82 Å². The van der Waals surface area contributed by atoms with E-state index in [0.717, 1.165) is 13.1 Å². The zero-order chi connectivity index (χ0) is 10.6. The zero-order valence-corrected chi connectivity index (χ0v) is 8.27. The predicted octanol–water partition coefficient (Wildman–Crippen LogP) is 1.02. The molecular weight excluding hydrogens is 182 g/mol. The maximum Gasteiger partial charge on any atom is 0.374 e. The molecule has 0 aromatic carbocycles. The van der Waals surface area contributed by atoms with Gasteiger partial charge in [-0.05, 0) is 19.9 Å². The van der Waals surface area contributed by atoms with Crippen molar-refractivity contribution in [1.29, 1.82) is 0 Å². The first kappa shape index (κ1) is 10.4. The molecule has 1 heterocycles. The van der Waals surface area contributed by atoms with Gasteiger partial charge in [0.15, 0.2) is 0 Å². The van der Waals surface area contributed by atoms with E-state index in [4.69, 9.17) is 5.11 Å². The van der Waals surface area contributed by atoms with Crippen LogP contribution in [0.4, 0.5) is 5.82 Å². The van der Waals surface area contributed by atoms with Crippen molar-refractivity contribution in [1.82, 2.24) is 9.97 Å². The smallest absolute Gasteiger partial charge is 0.374 e. The molecule has 1 N–H and O–H groups in total. The summed E-state index contributed by atoms with van der Waals surface area (Å²) >= 11 is 0. The van der Waals surface area contributed by atoms with Gasteiger partial charge < -0.3 is 10.0 Å². The third kappa shape index (κ3) is 2.18. The lowest BCUT2D eigenvalue weighted by molar-refractivity contribution is 0.0683. The summed E-state index contributed by atoms with van der Waals surface area (Å²) in [7, 11) is 0. The summed E-state index contributed by atoms with van der Waals surface area (Å²) < 4.78 is 0. The molecule has 0 unspecified atom stereocenters. The summed E-state index contributed by atoms with van der Waals surface area (Å²) in [6.45, 7) is 5.58. The third-order valence-corrected chi connectivity index (χ3v) is 1.92. The van der Waals surface area contributed by atoms with Gasteiger partial charge >= 0.3 is 5.97 Å². The number of hydrogen-bond acceptors (Lipinski definition) is 4. The maximum atomic E-state index is 10.6. The lowest BCUT2D eigenvalue weighted by Gasteiger charge is -2.19. The van der Waals surface area contributed by atoms with Crippen LogP contribution in [0.3, 0.4) is 0 Å². The van der Waals surface area contributed by atoms with E-state index >= 15 is 0 Å². The molecule has 0 aliphatic heterocycles. The Morgan fingerprint density at radius 3 is 2.64 bits per heavy atom. The SMILES string of the molecule is CCN(CC)c1ccnc(C(=O)O)n1. The molecule has 0 atom stereocenters. The lowest BCUT2D eigenvalue weighted by atomic mass is 10.4. The molecule has 0 aliphatic rings. The first-order valence-corrected chi connectivity index (χ1v) is 4.50. The minimum Gasteiger partial charge on any atom is -0.475 e. The molecule has 0 spiro atoms. The van der Waals surface area contributed by atoms with Gasteiger partial charge in [0, 0.05) is 19.3 Å². The zero-order valence-electron chi connectivity index (χ0n) is 8.27. The Balaban J connectivity index is 2.98. The first-order chi connectivity index (χ1) is 6.69. The second-order valence-corrected chi connectivity index (χ2v) is 2.72. The number of carbonyl (C=O) groups is 1. The summed E-state index contributed by atoms with van der Waals surface area (Å²) in [5.41, 5.74) is 0. The number of rotatable bonds is 4. The number of carboxylic acid groups (broad SMARTS) is 1. The van der Waals surface area contributed by atoms with Crippen molar-refractivity contribution in [3.63, 3.8) is 0 Å². The normalized spacial score (nSPS) is 9.86. The third-order valence-electron chi connectivity index (χ3n) is 1.92. The maximum absolute atomic E-state index is 10.6. The van der Waals surface area contributed by atoms with Gasteiger partial charge in [-0.15, -0.1) is 0 Å². The number of anilines is 1. The number of aromatic carboxylic acids is 1. The summed E-state index contributed by atoms with van der Waals surface area (Å²) in [6.07, 6.45) is 1.46. The molecule has 5 nitrogen and oxygen atoms in total. The number of nitrogens with zero attached hydrogens (tertiary/aromatic N) is 3. The van der Waals surface area contributed by atoms with Gasteiger partial charge in [0.1, 0.15) is 5.82 Å². The van der Waals surface area contributed by atoms with Crippen molar-refractivity contribution in [2.24, 2.45) is 0 Å². The Kier molecular flexibility index (Phi) is 3.39.